The highest BCUT2D eigenvalue weighted by Gasteiger charge is 2.06. The van der Waals surface area contributed by atoms with Gasteiger partial charge in [0.1, 0.15) is 11.5 Å². The summed E-state index contributed by atoms with van der Waals surface area (Å²) < 4.78 is 10.7. The summed E-state index contributed by atoms with van der Waals surface area (Å²) in [5.74, 6) is 1.54. The Labute approximate surface area is 158 Å². The van der Waals surface area contributed by atoms with Gasteiger partial charge in [0.25, 0.3) is 0 Å². The van der Waals surface area contributed by atoms with Crippen molar-refractivity contribution in [2.24, 2.45) is 0 Å². The van der Waals surface area contributed by atoms with E-state index in [1.807, 2.05) is 36.4 Å². The van der Waals surface area contributed by atoms with Crippen LogP contribution in [0.25, 0.3) is 0 Å². The summed E-state index contributed by atoms with van der Waals surface area (Å²) in [7, 11) is 1.62. The summed E-state index contributed by atoms with van der Waals surface area (Å²) in [6.07, 6.45) is 1.71. The molecule has 25 heavy (non-hydrogen) atoms. The maximum atomic E-state index is 11.8. The highest BCUT2D eigenvalue weighted by molar-refractivity contribution is 6.42. The lowest BCUT2D eigenvalue weighted by atomic mass is 10.1. The summed E-state index contributed by atoms with van der Waals surface area (Å²) in [6, 6.07) is 12.9. The summed E-state index contributed by atoms with van der Waals surface area (Å²) >= 11 is 12.1. The van der Waals surface area contributed by atoms with Gasteiger partial charge in [0, 0.05) is 13.0 Å². The number of hydrogen-bond acceptors (Lipinski definition) is 3. The standard InChI is InChI=1S/C19H21Cl2NO3/c1-24-15-7-9-16(10-8-15)25-13-3-6-18(23)22-12-11-14-4-2-5-17(20)19(14)21/h2,4-5,7-10H,3,6,11-13H2,1H3,(H,22,23). The summed E-state index contributed by atoms with van der Waals surface area (Å²) in [5, 5.41) is 3.96. The van der Waals surface area contributed by atoms with Crippen LogP contribution in [-0.2, 0) is 11.2 Å². The van der Waals surface area contributed by atoms with Crippen molar-refractivity contribution in [1.82, 2.24) is 5.32 Å². The minimum absolute atomic E-state index is 0.00326. The quantitative estimate of drug-likeness (QED) is 0.649. The van der Waals surface area contributed by atoms with E-state index in [9.17, 15) is 4.79 Å². The zero-order valence-corrected chi connectivity index (χ0v) is 15.6. The first-order chi connectivity index (χ1) is 12.1. The topological polar surface area (TPSA) is 47.6 Å². The molecule has 2 aromatic rings. The van der Waals surface area contributed by atoms with Gasteiger partial charge in [0.15, 0.2) is 0 Å². The van der Waals surface area contributed by atoms with Crippen molar-refractivity contribution in [2.75, 3.05) is 20.3 Å². The number of nitrogens with one attached hydrogen (secondary N) is 1. The molecule has 2 aromatic carbocycles. The molecule has 0 aliphatic rings. The van der Waals surface area contributed by atoms with Gasteiger partial charge in [-0.1, -0.05) is 35.3 Å². The molecule has 0 spiro atoms. The zero-order valence-electron chi connectivity index (χ0n) is 14.1. The number of rotatable bonds is 9. The summed E-state index contributed by atoms with van der Waals surface area (Å²) in [4.78, 5) is 11.8. The second-order valence-corrected chi connectivity index (χ2v) is 6.23. The average molecular weight is 382 g/mol. The van der Waals surface area contributed by atoms with Crippen molar-refractivity contribution in [2.45, 2.75) is 19.3 Å². The van der Waals surface area contributed by atoms with E-state index < -0.39 is 0 Å². The van der Waals surface area contributed by atoms with Crippen LogP contribution in [0.4, 0.5) is 0 Å². The van der Waals surface area contributed by atoms with Crippen LogP contribution < -0.4 is 14.8 Å². The Morgan fingerprint density at radius 1 is 1.08 bits per heavy atom. The predicted molar refractivity (Wildman–Crippen MR) is 101 cm³/mol. The molecule has 0 aromatic heterocycles. The fourth-order valence-corrected chi connectivity index (χ4v) is 2.68. The molecule has 0 unspecified atom stereocenters. The van der Waals surface area contributed by atoms with Gasteiger partial charge in [0.05, 0.1) is 23.8 Å². The molecule has 0 fully saturated rings. The van der Waals surface area contributed by atoms with Crippen LogP contribution in [0.1, 0.15) is 18.4 Å². The normalized spacial score (nSPS) is 10.4. The minimum atomic E-state index is -0.00326. The first-order valence-corrected chi connectivity index (χ1v) is 8.82. The van der Waals surface area contributed by atoms with Crippen molar-refractivity contribution in [1.29, 1.82) is 0 Å². The Morgan fingerprint density at radius 3 is 2.52 bits per heavy atom. The molecular weight excluding hydrogens is 361 g/mol. The van der Waals surface area contributed by atoms with Gasteiger partial charge in [-0.2, -0.15) is 0 Å². The molecule has 1 amide bonds. The van der Waals surface area contributed by atoms with E-state index in [0.29, 0.717) is 42.5 Å². The minimum Gasteiger partial charge on any atom is -0.497 e. The number of carbonyl (C=O) groups excluding carboxylic acids is 1. The van der Waals surface area contributed by atoms with Crippen LogP contribution in [-0.4, -0.2) is 26.2 Å². The van der Waals surface area contributed by atoms with E-state index in [0.717, 1.165) is 17.1 Å². The number of ether oxygens (including phenoxy) is 2. The fraction of sp³-hybridized carbons (Fsp3) is 0.316. The molecule has 0 bridgehead atoms. The molecule has 6 heteroatoms. The zero-order chi connectivity index (χ0) is 18.1. The van der Waals surface area contributed by atoms with Crippen molar-refractivity contribution in [3.63, 3.8) is 0 Å². The number of hydrogen-bond donors (Lipinski definition) is 1. The van der Waals surface area contributed by atoms with E-state index in [4.69, 9.17) is 32.7 Å². The van der Waals surface area contributed by atoms with Crippen molar-refractivity contribution in [3.05, 3.63) is 58.1 Å². The highest BCUT2D eigenvalue weighted by Crippen LogP contribution is 2.25. The van der Waals surface area contributed by atoms with Gasteiger partial charge < -0.3 is 14.8 Å². The van der Waals surface area contributed by atoms with E-state index in [1.165, 1.54) is 0 Å². The van der Waals surface area contributed by atoms with E-state index in [-0.39, 0.29) is 5.91 Å². The molecule has 4 nitrogen and oxygen atoms in total. The van der Waals surface area contributed by atoms with Crippen LogP contribution in [0, 0.1) is 0 Å². The summed E-state index contributed by atoms with van der Waals surface area (Å²) in [6.45, 7) is 1.01. The second kappa shape index (κ2) is 10.2. The Balaban J connectivity index is 1.61. The molecule has 0 aliphatic heterocycles. The Hall–Kier alpha value is -1.91. The third-order valence-corrected chi connectivity index (χ3v) is 4.48. The smallest absolute Gasteiger partial charge is 0.220 e. The van der Waals surface area contributed by atoms with Gasteiger partial charge in [-0.05, 0) is 48.7 Å². The van der Waals surface area contributed by atoms with Gasteiger partial charge >= 0.3 is 0 Å². The first-order valence-electron chi connectivity index (χ1n) is 8.06. The lowest BCUT2D eigenvalue weighted by Crippen LogP contribution is -2.25. The Bertz CT molecular complexity index is 690. The molecule has 134 valence electrons. The maximum absolute atomic E-state index is 11.8. The molecule has 1 N–H and O–H groups in total. The Morgan fingerprint density at radius 2 is 1.80 bits per heavy atom. The van der Waals surface area contributed by atoms with Crippen molar-refractivity contribution >= 4 is 29.1 Å². The van der Waals surface area contributed by atoms with E-state index in [2.05, 4.69) is 5.32 Å². The summed E-state index contributed by atoms with van der Waals surface area (Å²) in [5.41, 5.74) is 0.928. The molecule has 0 radical (unpaired) electrons. The lowest BCUT2D eigenvalue weighted by molar-refractivity contribution is -0.121. The van der Waals surface area contributed by atoms with Crippen molar-refractivity contribution < 1.29 is 14.3 Å². The van der Waals surface area contributed by atoms with Gasteiger partial charge in [-0.3, -0.25) is 4.79 Å². The number of benzene rings is 2. The van der Waals surface area contributed by atoms with Crippen molar-refractivity contribution in [3.8, 4) is 11.5 Å². The molecule has 0 aliphatic carbocycles. The third kappa shape index (κ3) is 6.48. The monoisotopic (exact) mass is 381 g/mol. The number of amides is 1. The first kappa shape index (κ1) is 19.4. The number of halogens is 2. The van der Waals surface area contributed by atoms with E-state index >= 15 is 0 Å². The third-order valence-electron chi connectivity index (χ3n) is 3.62. The molecule has 0 saturated heterocycles. The highest BCUT2D eigenvalue weighted by atomic mass is 35.5. The van der Waals surface area contributed by atoms with Crippen LogP contribution in [0.3, 0.4) is 0 Å². The van der Waals surface area contributed by atoms with Gasteiger partial charge in [0.2, 0.25) is 5.91 Å². The number of carbonyl (C=O) groups is 1. The lowest BCUT2D eigenvalue weighted by Gasteiger charge is -2.09. The van der Waals surface area contributed by atoms with Crippen LogP contribution >= 0.6 is 23.2 Å². The molecular formula is C19H21Cl2NO3. The van der Waals surface area contributed by atoms with Crippen LogP contribution in [0.15, 0.2) is 42.5 Å². The second-order valence-electron chi connectivity index (χ2n) is 5.44. The van der Waals surface area contributed by atoms with Crippen LogP contribution in [0.5, 0.6) is 11.5 Å². The molecule has 0 heterocycles. The Kier molecular flexibility index (Phi) is 7.89. The molecule has 0 atom stereocenters. The molecule has 0 saturated carbocycles. The number of methoxy groups -OCH3 is 1. The van der Waals surface area contributed by atoms with Gasteiger partial charge in [-0.15, -0.1) is 0 Å². The fourth-order valence-electron chi connectivity index (χ4n) is 2.26. The predicted octanol–water partition coefficient (Wildman–Crippen LogP) is 4.52. The SMILES string of the molecule is COc1ccc(OCCCC(=O)NCCc2cccc(Cl)c2Cl)cc1. The molecule has 2 rings (SSSR count). The maximum Gasteiger partial charge on any atom is 0.220 e. The van der Waals surface area contributed by atoms with Gasteiger partial charge in [-0.25, -0.2) is 0 Å². The largest absolute Gasteiger partial charge is 0.497 e. The average Bonchev–Trinajstić information content (AvgIpc) is 2.63. The van der Waals surface area contributed by atoms with Crippen LogP contribution in [0.2, 0.25) is 10.0 Å². The van der Waals surface area contributed by atoms with E-state index in [1.54, 1.807) is 13.2 Å².